The van der Waals surface area contributed by atoms with Gasteiger partial charge >= 0.3 is 11.9 Å². The highest BCUT2D eigenvalue weighted by molar-refractivity contribution is 5.87. The summed E-state index contributed by atoms with van der Waals surface area (Å²) in [5, 5.41) is 77.6. The number of hydrogen-bond donors (Lipinski definition) is 7. The van der Waals surface area contributed by atoms with E-state index in [4.69, 9.17) is 66.3 Å². The van der Waals surface area contributed by atoms with Crippen molar-refractivity contribution in [3.63, 3.8) is 0 Å². The maximum atomic E-state index is 14.0. The van der Waals surface area contributed by atoms with Crippen LogP contribution in [-0.4, -0.2) is 223 Å². The minimum atomic E-state index is -1.68. The second-order valence-electron chi connectivity index (χ2n) is 25.0. The molecule has 5 saturated heterocycles. The summed E-state index contributed by atoms with van der Waals surface area (Å²) < 4.78 is 87.4. The van der Waals surface area contributed by atoms with E-state index in [1.54, 1.807) is 41.1 Å². The van der Waals surface area contributed by atoms with Gasteiger partial charge in [-0.15, -0.1) is 0 Å². The van der Waals surface area contributed by atoms with Crippen molar-refractivity contribution in [2.75, 3.05) is 34.5 Å². The van der Waals surface area contributed by atoms with E-state index in [-0.39, 0.29) is 31.0 Å². The second-order valence-corrected chi connectivity index (χ2v) is 25.0. The summed E-state index contributed by atoms with van der Waals surface area (Å²) in [6, 6.07) is 9.35. The predicted octanol–water partition coefficient (Wildman–Crippen LogP) is 2.02. The molecule has 7 N–H and O–H groups in total. The van der Waals surface area contributed by atoms with Gasteiger partial charge in [-0.2, -0.15) is 0 Å². The van der Waals surface area contributed by atoms with Crippen LogP contribution in [0.3, 0.4) is 0 Å². The molecule has 0 radical (unpaired) electrons. The van der Waals surface area contributed by atoms with Crippen molar-refractivity contribution in [1.82, 2.24) is 0 Å². The fourth-order valence-electron chi connectivity index (χ4n) is 16.4. The molecule has 4 saturated carbocycles. The zero-order chi connectivity index (χ0) is 58.8. The van der Waals surface area contributed by atoms with Gasteiger partial charge < -0.3 is 102 Å². The lowest BCUT2D eigenvalue weighted by Crippen LogP contribution is -2.74. The van der Waals surface area contributed by atoms with Gasteiger partial charge in [-0.25, -0.2) is 4.79 Å². The zero-order valence-corrected chi connectivity index (χ0v) is 48.4. The van der Waals surface area contributed by atoms with Crippen molar-refractivity contribution >= 4 is 18.0 Å². The molecular weight excluding hydrogens is 1080 g/mol. The molecule has 0 amide bonds. The summed E-state index contributed by atoms with van der Waals surface area (Å²) in [6.07, 6.45) is -12.7. The highest BCUT2D eigenvalue weighted by Gasteiger charge is 2.81. The number of methoxy groups -OCH3 is 3. The standard InChI is InChI=1S/C59H88O23/c1-28-48(80-42-25-37(70-8)49(29(2)74-42)81-55-47(66)52(71-9)50(30(3)75-55)82-54-46(65)45(64)44(63)38(26-60)78-54)36(69-7)24-41(73-28)77-34-19-21-56(5)33(23-34)16-17-35-43(56)51(76-31(4)61)53(79-40(62)18-15-32-13-11-10-12-14-32)58-27-72-57(6,67)39(58)20-22-59(35,58)68/h10-15,18,28-30,33-39,41-55,60,63-68H,16-17,19-27H2,1-9H3/b18-15+/t28-,29-,30-,33+,34+,35-,36+,37-,38-,39?,41+,42+,43-,44-,45+,46-,47-,48-,49-,50-,51+,52+,53-,54+,55+,56+,57-,58?,59+/m1/s1. The molecule has 1 aromatic rings. The van der Waals surface area contributed by atoms with Crippen LogP contribution in [0.25, 0.3) is 6.08 Å². The van der Waals surface area contributed by atoms with E-state index in [1.807, 2.05) is 37.3 Å². The lowest BCUT2D eigenvalue weighted by atomic mass is 9.41. The Morgan fingerprint density at radius 1 is 0.671 bits per heavy atom. The first-order chi connectivity index (χ1) is 39.0. The molecule has 1 aromatic carbocycles. The van der Waals surface area contributed by atoms with Gasteiger partial charge in [0.2, 0.25) is 0 Å². The SMILES string of the molecule is CO[C@H]1[C@@H](O)[C@H](O[C@@H]2[C@@H](C)O[C@@H](O[C@H]3[C@@H](OC)C[C@H](O[C@H]4CC[C@@]5(C)[C@@H](CC[C@@H]6[C@@H]5[C@H](OC(C)=O)[C@@H](OC(=O)/C=C/c5ccccc5)C57CO[C@@](C)(O)C5CC[C@]67O)C4)O[C@@H]3C)C[C@H]2OC)O[C@H](C)[C@H]1O[C@@H]1O[C@H](CO)[C@@H](O)[C@H](O)[C@H]1O. The van der Waals surface area contributed by atoms with Gasteiger partial charge in [0.05, 0.1) is 60.9 Å². The first kappa shape index (κ1) is 62.2. The molecule has 4 aliphatic carbocycles. The molecule has 5 aliphatic heterocycles. The zero-order valence-electron chi connectivity index (χ0n) is 48.4. The number of aliphatic hydroxyl groups is 7. The summed E-state index contributed by atoms with van der Waals surface area (Å²) in [6.45, 7) is 9.82. The molecule has 5 heterocycles. The summed E-state index contributed by atoms with van der Waals surface area (Å²) in [5.41, 5.74) is -2.32. The second kappa shape index (κ2) is 24.7. The third kappa shape index (κ3) is 11.3. The van der Waals surface area contributed by atoms with E-state index in [2.05, 4.69) is 6.92 Å². The van der Waals surface area contributed by atoms with Crippen molar-refractivity contribution in [3.8, 4) is 0 Å². The van der Waals surface area contributed by atoms with E-state index in [9.17, 15) is 45.3 Å². The fraction of sp³-hybridized carbons (Fsp3) is 0.831. The molecule has 2 unspecified atom stereocenters. The molecule has 29 atom stereocenters. The number of aliphatic hydroxyl groups excluding tert-OH is 5. The molecule has 9 aliphatic rings. The van der Waals surface area contributed by atoms with Crippen molar-refractivity contribution in [1.29, 1.82) is 0 Å². The van der Waals surface area contributed by atoms with E-state index >= 15 is 0 Å². The Hall–Kier alpha value is -2.86. The van der Waals surface area contributed by atoms with Gasteiger partial charge in [0, 0.05) is 59.0 Å². The minimum absolute atomic E-state index is 0.0672. The molecule has 0 bridgehead atoms. The lowest BCUT2D eigenvalue weighted by molar-refractivity contribution is -0.373. The van der Waals surface area contributed by atoms with Crippen LogP contribution in [-0.2, 0) is 75.9 Å². The van der Waals surface area contributed by atoms with Crippen LogP contribution < -0.4 is 0 Å². The Kier molecular flexibility index (Phi) is 18.8. The van der Waals surface area contributed by atoms with Gasteiger partial charge in [-0.05, 0) is 102 Å². The average molecular weight is 1170 g/mol. The molecular formula is C59H88O23. The van der Waals surface area contributed by atoms with Gasteiger partial charge in [-0.1, -0.05) is 37.3 Å². The third-order valence-corrected chi connectivity index (χ3v) is 20.5. The fourth-order valence-corrected chi connectivity index (χ4v) is 16.4. The van der Waals surface area contributed by atoms with Crippen LogP contribution in [0.15, 0.2) is 36.4 Å². The molecule has 23 nitrogen and oxygen atoms in total. The molecule has 462 valence electrons. The number of carbonyl (C=O) groups is 2. The van der Waals surface area contributed by atoms with Gasteiger partial charge in [0.25, 0.3) is 0 Å². The summed E-state index contributed by atoms with van der Waals surface area (Å²) in [5.74, 6) is -4.05. The van der Waals surface area contributed by atoms with Crippen LogP contribution >= 0.6 is 0 Å². The summed E-state index contributed by atoms with van der Waals surface area (Å²) in [4.78, 5) is 27.3. The van der Waals surface area contributed by atoms with Crippen LogP contribution in [0.2, 0.25) is 0 Å². The third-order valence-electron chi connectivity index (χ3n) is 20.5. The van der Waals surface area contributed by atoms with Crippen LogP contribution in [0, 0.1) is 34.5 Å². The predicted molar refractivity (Wildman–Crippen MR) is 283 cm³/mol. The molecule has 82 heavy (non-hydrogen) atoms. The maximum absolute atomic E-state index is 14.0. The lowest BCUT2D eigenvalue weighted by Gasteiger charge is -2.66. The van der Waals surface area contributed by atoms with E-state index in [1.165, 1.54) is 20.1 Å². The molecule has 0 aromatic heterocycles. The average Bonchev–Trinajstić information content (AvgIpc) is 2.22. The van der Waals surface area contributed by atoms with Crippen molar-refractivity contribution in [3.05, 3.63) is 42.0 Å². The molecule has 23 heteroatoms. The number of esters is 2. The Morgan fingerprint density at radius 2 is 1.30 bits per heavy atom. The van der Waals surface area contributed by atoms with Crippen molar-refractivity contribution in [2.45, 2.75) is 240 Å². The van der Waals surface area contributed by atoms with E-state index in [0.29, 0.717) is 44.9 Å². The van der Waals surface area contributed by atoms with E-state index in [0.717, 1.165) is 12.0 Å². The molecule has 10 rings (SSSR count). The summed E-state index contributed by atoms with van der Waals surface area (Å²) >= 11 is 0. The maximum Gasteiger partial charge on any atom is 0.331 e. The van der Waals surface area contributed by atoms with E-state index < -0.39 is 175 Å². The first-order valence-electron chi connectivity index (χ1n) is 29.4. The summed E-state index contributed by atoms with van der Waals surface area (Å²) in [7, 11) is 4.52. The monoisotopic (exact) mass is 1160 g/mol. The van der Waals surface area contributed by atoms with Gasteiger partial charge in [0.1, 0.15) is 61.0 Å². The van der Waals surface area contributed by atoms with Crippen LogP contribution in [0.1, 0.15) is 105 Å². The van der Waals surface area contributed by atoms with Crippen LogP contribution in [0.5, 0.6) is 0 Å². The highest BCUT2D eigenvalue weighted by atomic mass is 16.8. The van der Waals surface area contributed by atoms with Gasteiger partial charge in [0.15, 0.2) is 37.1 Å². The Labute approximate surface area is 479 Å². The number of rotatable bonds is 16. The van der Waals surface area contributed by atoms with Crippen LogP contribution in [0.4, 0.5) is 0 Å². The number of fused-ring (bicyclic) bond motifs is 4. The quantitative estimate of drug-likeness (QED) is 0.0708. The number of hydrogen-bond acceptors (Lipinski definition) is 23. The Bertz CT molecular complexity index is 2360. The highest BCUT2D eigenvalue weighted by Crippen LogP contribution is 2.73. The Balaban J connectivity index is 0.772. The minimum Gasteiger partial charge on any atom is -0.458 e. The molecule has 9 fully saturated rings. The normalized spacial score (nSPS) is 50.2. The topological polar surface area (TPSA) is 305 Å². The number of carbonyl (C=O) groups excluding carboxylic acids is 2. The number of benzene rings is 1. The smallest absolute Gasteiger partial charge is 0.331 e. The first-order valence-corrected chi connectivity index (χ1v) is 29.4. The largest absolute Gasteiger partial charge is 0.458 e. The Morgan fingerprint density at radius 3 is 1.95 bits per heavy atom. The van der Waals surface area contributed by atoms with Crippen molar-refractivity contribution in [2.24, 2.45) is 34.5 Å². The van der Waals surface area contributed by atoms with Crippen molar-refractivity contribution < 1.29 is 112 Å². The molecule has 1 spiro atoms. The number of ether oxygens (including phenoxy) is 14. The van der Waals surface area contributed by atoms with Gasteiger partial charge in [-0.3, -0.25) is 4.79 Å².